The molecule has 2 heteroatoms. The van der Waals surface area contributed by atoms with Crippen molar-refractivity contribution in [3.8, 4) is 0 Å². The molecule has 1 aliphatic carbocycles. The molecule has 3 rings (SSSR count). The molecule has 1 aliphatic heterocycles. The van der Waals surface area contributed by atoms with Crippen LogP contribution in [0.3, 0.4) is 0 Å². The lowest BCUT2D eigenvalue weighted by Crippen LogP contribution is -2.24. The summed E-state index contributed by atoms with van der Waals surface area (Å²) in [6.07, 6.45) is 9.50. The van der Waals surface area contributed by atoms with Gasteiger partial charge in [0.2, 0.25) is 0 Å². The third-order valence-corrected chi connectivity index (χ3v) is 4.32. The molecule has 2 N–H and O–H groups in total. The van der Waals surface area contributed by atoms with Gasteiger partial charge in [-0.05, 0) is 49.1 Å². The van der Waals surface area contributed by atoms with Crippen LogP contribution < -0.4 is 10.6 Å². The maximum atomic E-state index is 3.74. The molecule has 0 saturated heterocycles. The van der Waals surface area contributed by atoms with Crippen LogP contribution in [0.1, 0.15) is 49.7 Å². The van der Waals surface area contributed by atoms with Gasteiger partial charge in [0.05, 0.1) is 0 Å². The molecule has 1 fully saturated rings. The Kier molecular flexibility index (Phi) is 3.84. The zero-order valence-corrected chi connectivity index (χ0v) is 11.2. The minimum absolute atomic E-state index is 0.696. The first-order valence-electron chi connectivity index (χ1n) is 7.51. The summed E-state index contributed by atoms with van der Waals surface area (Å²) in [7, 11) is 0. The summed E-state index contributed by atoms with van der Waals surface area (Å²) < 4.78 is 0. The molecule has 1 aromatic rings. The highest BCUT2D eigenvalue weighted by atomic mass is 14.9. The molecule has 0 unspecified atom stereocenters. The minimum Gasteiger partial charge on any atom is -0.382 e. The summed E-state index contributed by atoms with van der Waals surface area (Å²) in [5, 5.41) is 7.20. The SMILES string of the molecule is c1cc2c(cc1NC1CCCCCC1)CNCC2. The summed E-state index contributed by atoms with van der Waals surface area (Å²) in [5.74, 6) is 0. The van der Waals surface area contributed by atoms with E-state index in [0.29, 0.717) is 6.04 Å². The lowest BCUT2D eigenvalue weighted by atomic mass is 10.00. The van der Waals surface area contributed by atoms with E-state index >= 15 is 0 Å². The molecule has 0 atom stereocenters. The largest absolute Gasteiger partial charge is 0.382 e. The van der Waals surface area contributed by atoms with Crippen molar-refractivity contribution in [3.05, 3.63) is 29.3 Å². The van der Waals surface area contributed by atoms with Gasteiger partial charge in [0.15, 0.2) is 0 Å². The van der Waals surface area contributed by atoms with E-state index in [1.165, 1.54) is 61.8 Å². The lowest BCUT2D eigenvalue weighted by Gasteiger charge is -2.21. The van der Waals surface area contributed by atoms with Crippen molar-refractivity contribution < 1.29 is 0 Å². The second kappa shape index (κ2) is 5.75. The Morgan fingerprint density at radius 2 is 1.83 bits per heavy atom. The fourth-order valence-corrected chi connectivity index (χ4v) is 3.23. The third kappa shape index (κ3) is 2.86. The van der Waals surface area contributed by atoms with Crippen LogP contribution in [-0.4, -0.2) is 12.6 Å². The van der Waals surface area contributed by atoms with Crippen LogP contribution in [0.15, 0.2) is 18.2 Å². The molecular formula is C16H24N2. The van der Waals surface area contributed by atoms with Crippen molar-refractivity contribution in [1.82, 2.24) is 5.32 Å². The molecular weight excluding hydrogens is 220 g/mol. The zero-order chi connectivity index (χ0) is 12.2. The Morgan fingerprint density at radius 1 is 1.00 bits per heavy atom. The average molecular weight is 244 g/mol. The number of hydrogen-bond donors (Lipinski definition) is 2. The van der Waals surface area contributed by atoms with Gasteiger partial charge in [-0.3, -0.25) is 0 Å². The normalized spacial score (nSPS) is 21.1. The van der Waals surface area contributed by atoms with Gasteiger partial charge < -0.3 is 10.6 Å². The van der Waals surface area contributed by atoms with Gasteiger partial charge in [-0.2, -0.15) is 0 Å². The number of hydrogen-bond acceptors (Lipinski definition) is 2. The Hall–Kier alpha value is -1.02. The first kappa shape index (κ1) is 12.0. The molecule has 0 amide bonds. The standard InChI is InChI=1S/C16H24N2/c1-2-4-6-15(5-3-1)18-16-8-7-13-9-10-17-12-14(13)11-16/h7-8,11,15,17-18H,1-6,9-10,12H2. The molecule has 1 aromatic carbocycles. The number of rotatable bonds is 2. The fourth-order valence-electron chi connectivity index (χ4n) is 3.23. The smallest absolute Gasteiger partial charge is 0.0345 e. The second-order valence-electron chi connectivity index (χ2n) is 5.74. The summed E-state index contributed by atoms with van der Waals surface area (Å²) >= 11 is 0. The molecule has 98 valence electrons. The van der Waals surface area contributed by atoms with Gasteiger partial charge in [-0.15, -0.1) is 0 Å². The van der Waals surface area contributed by atoms with E-state index in [0.717, 1.165) is 13.1 Å². The van der Waals surface area contributed by atoms with Gasteiger partial charge in [0, 0.05) is 18.3 Å². The van der Waals surface area contributed by atoms with Crippen molar-refractivity contribution in [1.29, 1.82) is 0 Å². The Labute approximate surface area is 110 Å². The van der Waals surface area contributed by atoms with E-state index in [9.17, 15) is 0 Å². The van der Waals surface area contributed by atoms with Gasteiger partial charge in [0.25, 0.3) is 0 Å². The quantitative estimate of drug-likeness (QED) is 0.778. The van der Waals surface area contributed by atoms with E-state index in [4.69, 9.17) is 0 Å². The molecule has 0 radical (unpaired) electrons. The maximum Gasteiger partial charge on any atom is 0.0345 e. The summed E-state index contributed by atoms with van der Waals surface area (Å²) in [6.45, 7) is 2.16. The predicted octanol–water partition coefficient (Wildman–Crippen LogP) is 3.47. The molecule has 2 nitrogen and oxygen atoms in total. The monoisotopic (exact) mass is 244 g/mol. The van der Waals surface area contributed by atoms with Crippen LogP contribution in [0, 0.1) is 0 Å². The Morgan fingerprint density at radius 3 is 2.67 bits per heavy atom. The third-order valence-electron chi connectivity index (χ3n) is 4.32. The van der Waals surface area contributed by atoms with E-state index < -0.39 is 0 Å². The second-order valence-corrected chi connectivity index (χ2v) is 5.74. The van der Waals surface area contributed by atoms with Crippen molar-refractivity contribution in [2.45, 2.75) is 57.5 Å². The Balaban J connectivity index is 1.68. The van der Waals surface area contributed by atoms with Gasteiger partial charge in [0.1, 0.15) is 0 Å². The highest BCUT2D eigenvalue weighted by Gasteiger charge is 2.13. The molecule has 18 heavy (non-hydrogen) atoms. The average Bonchev–Trinajstić information content (AvgIpc) is 2.67. The number of anilines is 1. The highest BCUT2D eigenvalue weighted by molar-refractivity contribution is 5.50. The molecule has 1 heterocycles. The van der Waals surface area contributed by atoms with Crippen LogP contribution in [0.5, 0.6) is 0 Å². The minimum atomic E-state index is 0.696. The highest BCUT2D eigenvalue weighted by Crippen LogP contribution is 2.23. The van der Waals surface area contributed by atoms with Crippen molar-refractivity contribution in [2.24, 2.45) is 0 Å². The van der Waals surface area contributed by atoms with Crippen molar-refractivity contribution >= 4 is 5.69 Å². The van der Waals surface area contributed by atoms with Crippen LogP contribution in [0.2, 0.25) is 0 Å². The first-order chi connectivity index (χ1) is 8.92. The van der Waals surface area contributed by atoms with E-state index in [2.05, 4.69) is 28.8 Å². The fraction of sp³-hybridized carbons (Fsp3) is 0.625. The van der Waals surface area contributed by atoms with Crippen LogP contribution in [0.4, 0.5) is 5.69 Å². The summed E-state index contributed by atoms with van der Waals surface area (Å²) in [4.78, 5) is 0. The predicted molar refractivity (Wildman–Crippen MR) is 77.0 cm³/mol. The maximum absolute atomic E-state index is 3.74. The lowest BCUT2D eigenvalue weighted by molar-refractivity contribution is 0.618. The number of benzene rings is 1. The van der Waals surface area contributed by atoms with Crippen LogP contribution >= 0.6 is 0 Å². The summed E-state index contributed by atoms with van der Waals surface area (Å²) in [6, 6.07) is 7.64. The van der Waals surface area contributed by atoms with E-state index in [1.54, 1.807) is 0 Å². The molecule has 2 aliphatic rings. The van der Waals surface area contributed by atoms with Crippen LogP contribution in [-0.2, 0) is 13.0 Å². The molecule has 1 saturated carbocycles. The first-order valence-corrected chi connectivity index (χ1v) is 7.51. The van der Waals surface area contributed by atoms with Gasteiger partial charge >= 0.3 is 0 Å². The topological polar surface area (TPSA) is 24.1 Å². The van der Waals surface area contributed by atoms with E-state index in [-0.39, 0.29) is 0 Å². The molecule has 0 bridgehead atoms. The van der Waals surface area contributed by atoms with Crippen LogP contribution in [0.25, 0.3) is 0 Å². The van der Waals surface area contributed by atoms with Crippen molar-refractivity contribution in [3.63, 3.8) is 0 Å². The molecule has 0 spiro atoms. The van der Waals surface area contributed by atoms with Gasteiger partial charge in [-0.25, -0.2) is 0 Å². The zero-order valence-electron chi connectivity index (χ0n) is 11.2. The Bertz CT molecular complexity index is 392. The van der Waals surface area contributed by atoms with Gasteiger partial charge in [-0.1, -0.05) is 31.7 Å². The number of nitrogens with one attached hydrogen (secondary N) is 2. The van der Waals surface area contributed by atoms with Crippen molar-refractivity contribution in [2.75, 3.05) is 11.9 Å². The number of fused-ring (bicyclic) bond motifs is 1. The van der Waals surface area contributed by atoms with E-state index in [1.807, 2.05) is 0 Å². The summed E-state index contributed by atoms with van der Waals surface area (Å²) in [5.41, 5.74) is 4.34. The molecule has 0 aromatic heterocycles.